The van der Waals surface area contributed by atoms with E-state index in [2.05, 4.69) is 148 Å². The van der Waals surface area contributed by atoms with Gasteiger partial charge in [0, 0.05) is 63.5 Å². The number of aromatic nitrogens is 5. The Morgan fingerprint density at radius 1 is 0.367 bits per heavy atom. The van der Waals surface area contributed by atoms with Crippen LogP contribution in [-0.4, -0.2) is 24.5 Å². The highest BCUT2D eigenvalue weighted by Gasteiger charge is 2.17. The Morgan fingerprint density at radius 3 is 1.61 bits per heavy atom. The van der Waals surface area contributed by atoms with Crippen LogP contribution in [0.5, 0.6) is 0 Å². The van der Waals surface area contributed by atoms with E-state index in [4.69, 9.17) is 9.97 Å². The van der Waals surface area contributed by atoms with Crippen LogP contribution in [-0.2, 0) is 0 Å². The first-order chi connectivity index (χ1) is 24.3. The molecular weight excluding hydrogens is 599 g/mol. The first kappa shape index (κ1) is 28.5. The van der Waals surface area contributed by atoms with E-state index in [0.717, 1.165) is 61.3 Å². The first-order valence-electron chi connectivity index (χ1n) is 16.3. The van der Waals surface area contributed by atoms with Gasteiger partial charge >= 0.3 is 0 Å². The number of para-hydroxylation sites is 1. The van der Waals surface area contributed by atoms with Crippen LogP contribution >= 0.6 is 0 Å². The predicted molar refractivity (Wildman–Crippen MR) is 199 cm³/mol. The Hall–Kier alpha value is -6.72. The lowest BCUT2D eigenvalue weighted by molar-refractivity contribution is 1.17. The van der Waals surface area contributed by atoms with E-state index in [1.807, 2.05) is 30.6 Å². The summed E-state index contributed by atoms with van der Waals surface area (Å²) in [5.41, 5.74) is 12.4. The average molecular weight is 628 g/mol. The largest absolute Gasteiger partial charge is 0.309 e. The van der Waals surface area contributed by atoms with Crippen LogP contribution in [0, 0.1) is 0 Å². The van der Waals surface area contributed by atoms with Crippen molar-refractivity contribution in [2.45, 2.75) is 0 Å². The predicted octanol–water partition coefficient (Wildman–Crippen LogP) is 10.7. The Bertz CT molecular complexity index is 2580. The van der Waals surface area contributed by atoms with Gasteiger partial charge in [-0.3, -0.25) is 9.97 Å². The summed E-state index contributed by atoms with van der Waals surface area (Å²) in [5.74, 6) is 0.657. The molecule has 9 rings (SSSR count). The fourth-order valence-electron chi connectivity index (χ4n) is 6.61. The van der Waals surface area contributed by atoms with Crippen LogP contribution in [0.15, 0.2) is 176 Å². The van der Waals surface area contributed by atoms with Gasteiger partial charge in [-0.15, -0.1) is 0 Å². The fraction of sp³-hybridized carbons (Fsp3) is 0. The quantitative estimate of drug-likeness (QED) is 0.184. The third kappa shape index (κ3) is 5.33. The molecule has 0 N–H and O–H groups in total. The normalized spacial score (nSPS) is 11.3. The van der Waals surface area contributed by atoms with Gasteiger partial charge in [-0.2, -0.15) is 0 Å². The van der Waals surface area contributed by atoms with Crippen molar-refractivity contribution < 1.29 is 0 Å². The van der Waals surface area contributed by atoms with Crippen molar-refractivity contribution in [3.63, 3.8) is 0 Å². The minimum absolute atomic E-state index is 0.657. The van der Waals surface area contributed by atoms with E-state index in [-0.39, 0.29) is 0 Å². The van der Waals surface area contributed by atoms with E-state index in [1.165, 1.54) is 16.5 Å². The molecule has 0 amide bonds. The number of hydrogen-bond donors (Lipinski definition) is 0. The molecule has 0 aliphatic heterocycles. The van der Waals surface area contributed by atoms with Crippen LogP contribution in [0.2, 0.25) is 0 Å². The second kappa shape index (κ2) is 12.1. The van der Waals surface area contributed by atoms with Crippen LogP contribution in [0.4, 0.5) is 0 Å². The molecule has 0 aliphatic rings. The average Bonchev–Trinajstić information content (AvgIpc) is 3.52. The molecule has 0 radical (unpaired) electrons. The maximum atomic E-state index is 5.20. The first-order valence-corrected chi connectivity index (χ1v) is 16.3. The summed E-state index contributed by atoms with van der Waals surface area (Å²) in [6.07, 6.45) is 7.31. The highest BCUT2D eigenvalue weighted by Crippen LogP contribution is 2.37. The maximum Gasteiger partial charge on any atom is 0.160 e. The van der Waals surface area contributed by atoms with Crippen LogP contribution in [0.3, 0.4) is 0 Å². The molecule has 0 unspecified atom stereocenters. The van der Waals surface area contributed by atoms with Gasteiger partial charge in [0.15, 0.2) is 5.82 Å². The third-order valence-electron chi connectivity index (χ3n) is 8.98. The minimum Gasteiger partial charge on any atom is -0.309 e. The van der Waals surface area contributed by atoms with E-state index in [0.29, 0.717) is 5.82 Å². The molecule has 49 heavy (non-hydrogen) atoms. The molecule has 0 bridgehead atoms. The Labute approximate surface area is 283 Å². The monoisotopic (exact) mass is 627 g/mol. The van der Waals surface area contributed by atoms with Crippen molar-refractivity contribution in [1.29, 1.82) is 0 Å². The molecule has 0 spiro atoms. The standard InChI is InChI=1S/C44H29N5/c1-3-10-30(11-4-1)32-18-20-42-38(25-32)39-26-34(19-21-43(39)49(42)37-16-5-2-6-17-37)44-47-40(27-41(48-44)36-15-9-23-46-29-36)33-13-7-12-31(24-33)35-14-8-22-45-28-35/h1-29H. The van der Waals surface area contributed by atoms with Crippen molar-refractivity contribution in [3.8, 4) is 61.8 Å². The van der Waals surface area contributed by atoms with Gasteiger partial charge in [-0.25, -0.2) is 9.97 Å². The maximum absolute atomic E-state index is 5.20. The van der Waals surface area contributed by atoms with Crippen LogP contribution in [0.25, 0.3) is 83.6 Å². The Kier molecular flexibility index (Phi) is 7.06. The number of rotatable bonds is 6. The number of hydrogen-bond acceptors (Lipinski definition) is 4. The number of benzene rings is 5. The van der Waals surface area contributed by atoms with Gasteiger partial charge in [0.25, 0.3) is 0 Å². The molecule has 5 nitrogen and oxygen atoms in total. The molecule has 9 aromatic rings. The molecule has 0 atom stereocenters. The number of fused-ring (bicyclic) bond motifs is 3. The van der Waals surface area contributed by atoms with Gasteiger partial charge in [0.05, 0.1) is 22.4 Å². The van der Waals surface area contributed by atoms with Gasteiger partial charge < -0.3 is 4.57 Å². The number of pyridine rings is 2. The van der Waals surface area contributed by atoms with Crippen molar-refractivity contribution in [3.05, 3.63) is 176 Å². The summed E-state index contributed by atoms with van der Waals surface area (Å²) in [7, 11) is 0. The van der Waals surface area contributed by atoms with Crippen molar-refractivity contribution in [2.75, 3.05) is 0 Å². The highest BCUT2D eigenvalue weighted by atomic mass is 15.0. The van der Waals surface area contributed by atoms with E-state index in [9.17, 15) is 0 Å². The molecule has 4 heterocycles. The van der Waals surface area contributed by atoms with Gasteiger partial charge in [0.2, 0.25) is 0 Å². The summed E-state index contributed by atoms with van der Waals surface area (Å²) < 4.78 is 2.34. The lowest BCUT2D eigenvalue weighted by Gasteiger charge is -2.11. The molecule has 5 heteroatoms. The zero-order valence-electron chi connectivity index (χ0n) is 26.5. The van der Waals surface area contributed by atoms with E-state index in [1.54, 1.807) is 12.4 Å². The zero-order chi connectivity index (χ0) is 32.6. The summed E-state index contributed by atoms with van der Waals surface area (Å²) in [4.78, 5) is 19.0. The third-order valence-corrected chi connectivity index (χ3v) is 8.98. The summed E-state index contributed by atoms with van der Waals surface area (Å²) >= 11 is 0. The molecule has 0 saturated heterocycles. The molecule has 4 aromatic heterocycles. The minimum atomic E-state index is 0.657. The highest BCUT2D eigenvalue weighted by molar-refractivity contribution is 6.11. The van der Waals surface area contributed by atoms with Crippen LogP contribution < -0.4 is 0 Å². The van der Waals surface area contributed by atoms with Crippen molar-refractivity contribution >= 4 is 21.8 Å². The summed E-state index contributed by atoms with van der Waals surface area (Å²) in [6.45, 7) is 0. The van der Waals surface area contributed by atoms with Crippen molar-refractivity contribution in [2.24, 2.45) is 0 Å². The van der Waals surface area contributed by atoms with Crippen LogP contribution in [0.1, 0.15) is 0 Å². The molecular formula is C44H29N5. The Morgan fingerprint density at radius 2 is 0.918 bits per heavy atom. The lowest BCUT2D eigenvalue weighted by atomic mass is 10.0. The number of nitrogens with zero attached hydrogens (tertiary/aromatic N) is 5. The Balaban J connectivity index is 1.25. The van der Waals surface area contributed by atoms with E-state index >= 15 is 0 Å². The fourth-order valence-corrected chi connectivity index (χ4v) is 6.61. The van der Waals surface area contributed by atoms with E-state index < -0.39 is 0 Å². The lowest BCUT2D eigenvalue weighted by Crippen LogP contribution is -1.97. The second-order valence-electron chi connectivity index (χ2n) is 12.0. The molecule has 0 saturated carbocycles. The van der Waals surface area contributed by atoms with Gasteiger partial charge in [-0.05, 0) is 89.5 Å². The van der Waals surface area contributed by atoms with Gasteiger partial charge in [0.1, 0.15) is 0 Å². The van der Waals surface area contributed by atoms with Gasteiger partial charge in [-0.1, -0.05) is 78.9 Å². The molecule has 0 aliphatic carbocycles. The smallest absolute Gasteiger partial charge is 0.160 e. The molecule has 0 fully saturated rings. The molecule has 230 valence electrons. The summed E-state index contributed by atoms with van der Waals surface area (Å²) in [5, 5.41) is 2.32. The van der Waals surface area contributed by atoms with Crippen molar-refractivity contribution in [1.82, 2.24) is 24.5 Å². The summed E-state index contributed by atoms with van der Waals surface area (Å²) in [6, 6.07) is 52.9. The molecule has 5 aromatic carbocycles. The zero-order valence-corrected chi connectivity index (χ0v) is 26.5. The topological polar surface area (TPSA) is 56.5 Å². The SMILES string of the molecule is c1ccc(-c2ccc3c(c2)c2cc(-c4nc(-c5cccnc5)cc(-c5cccc(-c6cccnc6)c5)n4)ccc2n3-c2ccccc2)cc1. The second-order valence-corrected chi connectivity index (χ2v) is 12.0.